The lowest BCUT2D eigenvalue weighted by molar-refractivity contribution is 0.0270. The van der Waals surface area contributed by atoms with E-state index in [1.165, 1.54) is 19.3 Å². The highest BCUT2D eigenvalue weighted by Gasteiger charge is 2.17. The molecule has 0 saturated heterocycles. The SMILES string of the molecule is CCCCCC[C@H](OC(=O)c1ccccc1)c1ccccc1. The van der Waals surface area contributed by atoms with Gasteiger partial charge >= 0.3 is 5.97 Å². The van der Waals surface area contributed by atoms with Gasteiger partial charge in [0, 0.05) is 0 Å². The maximum absolute atomic E-state index is 12.3. The quantitative estimate of drug-likeness (QED) is 0.471. The Kier molecular flexibility index (Phi) is 6.69. The summed E-state index contributed by atoms with van der Waals surface area (Å²) in [6.07, 6.45) is 5.42. The van der Waals surface area contributed by atoms with Crippen LogP contribution >= 0.6 is 0 Å². The van der Waals surface area contributed by atoms with Gasteiger partial charge in [-0.05, 0) is 30.5 Å². The highest BCUT2D eigenvalue weighted by Crippen LogP contribution is 2.25. The normalized spacial score (nSPS) is 11.9. The Morgan fingerprint density at radius 3 is 2.18 bits per heavy atom. The number of ether oxygens (including phenoxy) is 1. The van der Waals surface area contributed by atoms with Crippen molar-refractivity contribution in [2.24, 2.45) is 0 Å². The summed E-state index contributed by atoms with van der Waals surface area (Å²) in [4.78, 5) is 12.3. The zero-order valence-corrected chi connectivity index (χ0v) is 13.2. The van der Waals surface area contributed by atoms with Crippen LogP contribution in [0.15, 0.2) is 60.7 Å². The van der Waals surface area contributed by atoms with Gasteiger partial charge < -0.3 is 4.74 Å². The Morgan fingerprint density at radius 2 is 1.55 bits per heavy atom. The molecule has 2 aromatic rings. The van der Waals surface area contributed by atoms with Crippen molar-refractivity contribution >= 4 is 5.97 Å². The van der Waals surface area contributed by atoms with E-state index in [1.54, 1.807) is 12.1 Å². The third-order valence-electron chi connectivity index (χ3n) is 3.75. The first-order valence-corrected chi connectivity index (χ1v) is 8.12. The van der Waals surface area contributed by atoms with Gasteiger partial charge in [-0.2, -0.15) is 0 Å². The van der Waals surface area contributed by atoms with E-state index < -0.39 is 0 Å². The monoisotopic (exact) mass is 296 g/mol. The molecule has 2 rings (SSSR count). The van der Waals surface area contributed by atoms with Crippen LogP contribution in [-0.2, 0) is 4.74 Å². The van der Waals surface area contributed by atoms with E-state index in [2.05, 4.69) is 6.92 Å². The molecule has 0 bridgehead atoms. The molecule has 0 unspecified atom stereocenters. The van der Waals surface area contributed by atoms with Crippen molar-refractivity contribution < 1.29 is 9.53 Å². The van der Waals surface area contributed by atoms with Crippen LogP contribution in [0, 0.1) is 0 Å². The number of carbonyl (C=O) groups is 1. The molecule has 0 radical (unpaired) electrons. The molecule has 1 atom stereocenters. The molecule has 0 aliphatic heterocycles. The fourth-order valence-corrected chi connectivity index (χ4v) is 2.49. The molecule has 0 spiro atoms. The lowest BCUT2D eigenvalue weighted by Crippen LogP contribution is -2.12. The van der Waals surface area contributed by atoms with Gasteiger partial charge in [0.05, 0.1) is 5.56 Å². The molecule has 22 heavy (non-hydrogen) atoms. The van der Waals surface area contributed by atoms with Gasteiger partial charge in [0.25, 0.3) is 0 Å². The lowest BCUT2D eigenvalue weighted by atomic mass is 10.0. The fourth-order valence-electron chi connectivity index (χ4n) is 2.49. The van der Waals surface area contributed by atoms with Gasteiger partial charge in [0.15, 0.2) is 0 Å². The molecule has 0 N–H and O–H groups in total. The maximum atomic E-state index is 12.3. The van der Waals surface area contributed by atoms with E-state index in [1.807, 2.05) is 48.5 Å². The second-order valence-corrected chi connectivity index (χ2v) is 5.52. The van der Waals surface area contributed by atoms with Crippen LogP contribution < -0.4 is 0 Å². The molecule has 2 aromatic carbocycles. The molecular formula is C20H24O2. The minimum absolute atomic E-state index is 0.161. The van der Waals surface area contributed by atoms with Gasteiger partial charge in [0.1, 0.15) is 6.10 Å². The van der Waals surface area contributed by atoms with Gasteiger partial charge in [-0.1, -0.05) is 74.7 Å². The Balaban J connectivity index is 2.02. The summed E-state index contributed by atoms with van der Waals surface area (Å²) in [6, 6.07) is 19.2. The first kappa shape index (κ1) is 16.3. The van der Waals surface area contributed by atoms with E-state index in [9.17, 15) is 4.79 Å². The van der Waals surface area contributed by atoms with Crippen molar-refractivity contribution in [1.82, 2.24) is 0 Å². The number of carbonyl (C=O) groups excluding carboxylic acids is 1. The smallest absolute Gasteiger partial charge is 0.338 e. The molecule has 0 heterocycles. The van der Waals surface area contributed by atoms with Gasteiger partial charge in [-0.15, -0.1) is 0 Å². The van der Waals surface area contributed by atoms with Crippen LogP contribution in [0.4, 0.5) is 0 Å². The topological polar surface area (TPSA) is 26.3 Å². The molecular weight excluding hydrogens is 272 g/mol. The van der Waals surface area contributed by atoms with Crippen LogP contribution in [0.1, 0.15) is 61.1 Å². The van der Waals surface area contributed by atoms with Gasteiger partial charge in [-0.25, -0.2) is 4.79 Å². The summed E-state index contributed by atoms with van der Waals surface area (Å²) >= 11 is 0. The second-order valence-electron chi connectivity index (χ2n) is 5.52. The van der Waals surface area contributed by atoms with E-state index in [-0.39, 0.29) is 12.1 Å². The summed E-state index contributed by atoms with van der Waals surface area (Å²) in [5.41, 5.74) is 1.68. The molecule has 0 saturated carbocycles. The molecule has 0 fully saturated rings. The third kappa shape index (κ3) is 5.03. The zero-order chi connectivity index (χ0) is 15.6. The largest absolute Gasteiger partial charge is 0.454 e. The summed E-state index contributed by atoms with van der Waals surface area (Å²) in [5, 5.41) is 0. The first-order chi connectivity index (χ1) is 10.8. The number of esters is 1. The summed E-state index contributed by atoms with van der Waals surface area (Å²) < 4.78 is 5.76. The Hall–Kier alpha value is -2.09. The standard InChI is InChI=1S/C20H24O2/c1-2-3-4-11-16-19(17-12-7-5-8-13-17)22-20(21)18-14-9-6-10-15-18/h5-10,12-15,19H,2-4,11,16H2,1H3/t19-/m0/s1. The molecule has 116 valence electrons. The van der Waals surface area contributed by atoms with Gasteiger partial charge in [0.2, 0.25) is 0 Å². The minimum atomic E-state index is -0.245. The Labute approximate surface area is 133 Å². The molecule has 2 heteroatoms. The van der Waals surface area contributed by atoms with Crippen LogP contribution in [0.25, 0.3) is 0 Å². The zero-order valence-electron chi connectivity index (χ0n) is 13.2. The predicted molar refractivity (Wildman–Crippen MR) is 89.8 cm³/mol. The van der Waals surface area contributed by atoms with E-state index >= 15 is 0 Å². The minimum Gasteiger partial charge on any atom is -0.454 e. The van der Waals surface area contributed by atoms with Crippen molar-refractivity contribution in [3.63, 3.8) is 0 Å². The van der Waals surface area contributed by atoms with E-state index in [0.717, 1.165) is 18.4 Å². The predicted octanol–water partition coefficient (Wildman–Crippen LogP) is 5.56. The highest BCUT2D eigenvalue weighted by molar-refractivity contribution is 5.89. The van der Waals surface area contributed by atoms with Crippen molar-refractivity contribution in [1.29, 1.82) is 0 Å². The van der Waals surface area contributed by atoms with Crippen molar-refractivity contribution in [2.75, 3.05) is 0 Å². The van der Waals surface area contributed by atoms with E-state index in [0.29, 0.717) is 5.56 Å². The Morgan fingerprint density at radius 1 is 0.909 bits per heavy atom. The van der Waals surface area contributed by atoms with Gasteiger partial charge in [-0.3, -0.25) is 0 Å². The van der Waals surface area contributed by atoms with Crippen LogP contribution in [0.2, 0.25) is 0 Å². The van der Waals surface area contributed by atoms with Crippen molar-refractivity contribution in [3.8, 4) is 0 Å². The number of hydrogen-bond acceptors (Lipinski definition) is 2. The first-order valence-electron chi connectivity index (χ1n) is 8.12. The summed E-state index contributed by atoms with van der Waals surface area (Å²) in [6.45, 7) is 2.20. The average Bonchev–Trinajstić information content (AvgIpc) is 2.59. The van der Waals surface area contributed by atoms with E-state index in [4.69, 9.17) is 4.74 Å². The van der Waals surface area contributed by atoms with Crippen LogP contribution in [0.3, 0.4) is 0 Å². The Bertz CT molecular complexity index is 548. The summed E-state index contributed by atoms with van der Waals surface area (Å²) in [5.74, 6) is -0.245. The number of hydrogen-bond donors (Lipinski definition) is 0. The number of unbranched alkanes of at least 4 members (excludes halogenated alkanes) is 3. The van der Waals surface area contributed by atoms with Crippen molar-refractivity contribution in [2.45, 2.75) is 45.1 Å². The molecule has 0 aliphatic rings. The summed E-state index contributed by atoms with van der Waals surface area (Å²) in [7, 11) is 0. The fraction of sp³-hybridized carbons (Fsp3) is 0.350. The number of benzene rings is 2. The molecule has 0 amide bonds. The maximum Gasteiger partial charge on any atom is 0.338 e. The third-order valence-corrected chi connectivity index (χ3v) is 3.75. The average molecular weight is 296 g/mol. The van der Waals surface area contributed by atoms with Crippen molar-refractivity contribution in [3.05, 3.63) is 71.8 Å². The van der Waals surface area contributed by atoms with Crippen LogP contribution in [-0.4, -0.2) is 5.97 Å². The molecule has 0 aromatic heterocycles. The lowest BCUT2D eigenvalue weighted by Gasteiger charge is -2.18. The molecule has 2 nitrogen and oxygen atoms in total. The highest BCUT2D eigenvalue weighted by atomic mass is 16.5. The van der Waals surface area contributed by atoms with Crippen LogP contribution in [0.5, 0.6) is 0 Å². The molecule has 0 aliphatic carbocycles. The number of rotatable bonds is 8. The second kappa shape index (κ2) is 9.04.